The number of likely N-dealkylation sites (N-methyl/N-ethyl adjacent to an activating group) is 1. The Morgan fingerprint density at radius 2 is 2.00 bits per heavy atom. The number of hydrogen-bond acceptors (Lipinski definition) is 3. The predicted molar refractivity (Wildman–Crippen MR) is 41.9 cm³/mol. The Bertz CT molecular complexity index is 81.8. The Kier molecular flexibility index (Phi) is 7.82. The Morgan fingerprint density at radius 3 is 2.60 bits per heavy atom. The van der Waals surface area contributed by atoms with Crippen LogP contribution in [0.3, 0.4) is 0 Å². The normalized spacial score (nSPS) is 10.6. The Balaban J connectivity index is 2.88. The van der Waals surface area contributed by atoms with Gasteiger partial charge in [0.15, 0.2) is 0 Å². The first-order valence-electron chi connectivity index (χ1n) is 3.71. The van der Waals surface area contributed by atoms with Gasteiger partial charge in [0, 0.05) is 13.1 Å². The van der Waals surface area contributed by atoms with Crippen molar-refractivity contribution in [2.75, 3.05) is 26.2 Å². The van der Waals surface area contributed by atoms with Gasteiger partial charge in [0.25, 0.3) is 0 Å². The molecule has 0 saturated heterocycles. The second-order valence-electron chi connectivity index (χ2n) is 1.83. The highest BCUT2D eigenvalue weighted by molar-refractivity contribution is 4.43. The van der Waals surface area contributed by atoms with E-state index in [2.05, 4.69) is 28.0 Å². The topological polar surface area (TPSA) is 48.8 Å². The summed E-state index contributed by atoms with van der Waals surface area (Å²) >= 11 is 0. The van der Waals surface area contributed by atoms with Crippen molar-refractivity contribution in [3.63, 3.8) is 0 Å². The van der Waals surface area contributed by atoms with Crippen molar-refractivity contribution >= 4 is 0 Å². The fourth-order valence-electron chi connectivity index (χ4n) is 0.477. The van der Waals surface area contributed by atoms with E-state index in [4.69, 9.17) is 0 Å². The highest BCUT2D eigenvalue weighted by Gasteiger charge is 1.78. The largest absolute Gasteiger partial charge is 0.315 e. The van der Waals surface area contributed by atoms with Gasteiger partial charge in [-0.1, -0.05) is 12.1 Å². The highest BCUT2D eigenvalue weighted by Crippen LogP contribution is 1.69. The van der Waals surface area contributed by atoms with Gasteiger partial charge in [0.2, 0.25) is 0 Å². The van der Waals surface area contributed by atoms with Gasteiger partial charge in [-0.2, -0.15) is 5.11 Å². The zero-order valence-corrected chi connectivity index (χ0v) is 6.72. The van der Waals surface area contributed by atoms with Crippen molar-refractivity contribution in [3.8, 4) is 0 Å². The second kappa shape index (κ2) is 8.36. The fourth-order valence-corrected chi connectivity index (χ4v) is 0.477. The Labute approximate surface area is 62.1 Å². The monoisotopic (exact) mass is 144 g/mol. The Morgan fingerprint density at radius 1 is 1.20 bits per heavy atom. The molecule has 4 heteroatoms. The first kappa shape index (κ1) is 9.36. The third-order valence-corrected chi connectivity index (χ3v) is 0.938. The molecule has 0 heterocycles. The zero-order valence-electron chi connectivity index (χ0n) is 6.72. The minimum absolute atomic E-state index is 0.751. The van der Waals surface area contributed by atoms with E-state index >= 15 is 0 Å². The maximum Gasteiger partial charge on any atom is 0.0744 e. The second-order valence-corrected chi connectivity index (χ2v) is 1.83. The van der Waals surface area contributed by atoms with Crippen molar-refractivity contribution in [2.45, 2.75) is 13.8 Å². The molecule has 10 heavy (non-hydrogen) atoms. The molecular formula is C6H16N4. The molecule has 0 saturated carbocycles. The van der Waals surface area contributed by atoms with Gasteiger partial charge in [0.1, 0.15) is 0 Å². The molecule has 2 N–H and O–H groups in total. The van der Waals surface area contributed by atoms with Crippen LogP contribution in [0.1, 0.15) is 13.8 Å². The molecule has 0 unspecified atom stereocenters. The standard InChI is InChI=1S/C6H16N4/c1-3-7-5-6-9-10-8-4-2/h7H,3-6H2,1-2H3,(H,8,9). The smallest absolute Gasteiger partial charge is 0.0744 e. The van der Waals surface area contributed by atoms with Crippen LogP contribution < -0.4 is 10.7 Å². The third kappa shape index (κ3) is 7.36. The van der Waals surface area contributed by atoms with Gasteiger partial charge in [0.05, 0.1) is 6.54 Å². The number of nitrogens with one attached hydrogen (secondary N) is 2. The number of rotatable bonds is 6. The average molecular weight is 144 g/mol. The molecule has 4 nitrogen and oxygen atoms in total. The summed E-state index contributed by atoms with van der Waals surface area (Å²) in [6.45, 7) is 7.55. The lowest BCUT2D eigenvalue weighted by Gasteiger charge is -1.94. The molecule has 0 spiro atoms. The number of hydrogen-bond donors (Lipinski definition) is 2. The molecule has 0 aliphatic carbocycles. The molecule has 0 bridgehead atoms. The molecule has 0 aliphatic heterocycles. The molecule has 0 aliphatic rings. The van der Waals surface area contributed by atoms with Gasteiger partial charge in [-0.25, -0.2) is 0 Å². The van der Waals surface area contributed by atoms with E-state index in [1.54, 1.807) is 0 Å². The van der Waals surface area contributed by atoms with Crippen LogP contribution in [0, 0.1) is 0 Å². The minimum Gasteiger partial charge on any atom is -0.315 e. The molecular weight excluding hydrogens is 128 g/mol. The quantitative estimate of drug-likeness (QED) is 0.325. The summed E-state index contributed by atoms with van der Waals surface area (Å²) in [4.78, 5) is 0. The van der Waals surface area contributed by atoms with Crippen LogP contribution in [0.15, 0.2) is 10.3 Å². The highest BCUT2D eigenvalue weighted by atomic mass is 15.4. The first-order chi connectivity index (χ1) is 4.91. The first-order valence-corrected chi connectivity index (χ1v) is 3.71. The van der Waals surface area contributed by atoms with Crippen molar-refractivity contribution in [1.29, 1.82) is 0 Å². The minimum atomic E-state index is 0.751. The molecule has 0 aromatic carbocycles. The van der Waals surface area contributed by atoms with Crippen LogP contribution in [-0.4, -0.2) is 26.2 Å². The molecule has 0 atom stereocenters. The summed E-state index contributed by atoms with van der Waals surface area (Å²) < 4.78 is 0. The molecule has 60 valence electrons. The van der Waals surface area contributed by atoms with Gasteiger partial charge in [-0.05, 0) is 13.5 Å². The average Bonchev–Trinajstić information content (AvgIpc) is 1.97. The van der Waals surface area contributed by atoms with E-state index in [1.807, 2.05) is 6.92 Å². The summed E-state index contributed by atoms with van der Waals surface area (Å²) in [5.41, 5.74) is 2.76. The van der Waals surface area contributed by atoms with Gasteiger partial charge < -0.3 is 5.32 Å². The van der Waals surface area contributed by atoms with Crippen LogP contribution in [0.4, 0.5) is 0 Å². The van der Waals surface area contributed by atoms with Gasteiger partial charge in [-0.15, -0.1) is 0 Å². The molecule has 0 radical (unpaired) electrons. The van der Waals surface area contributed by atoms with E-state index in [9.17, 15) is 0 Å². The summed E-state index contributed by atoms with van der Waals surface area (Å²) in [5.74, 6) is 0. The van der Waals surface area contributed by atoms with Crippen LogP contribution in [-0.2, 0) is 0 Å². The van der Waals surface area contributed by atoms with Crippen LogP contribution in [0.5, 0.6) is 0 Å². The lowest BCUT2D eigenvalue weighted by molar-refractivity contribution is 0.659. The maximum atomic E-state index is 3.85. The Hall–Kier alpha value is -0.640. The molecule has 0 fully saturated rings. The van der Waals surface area contributed by atoms with Crippen LogP contribution >= 0.6 is 0 Å². The predicted octanol–water partition coefficient (Wildman–Crippen LogP) is 0.573. The molecule has 0 amide bonds. The summed E-state index contributed by atoms with van der Waals surface area (Å²) in [6, 6.07) is 0. The molecule has 0 rings (SSSR count). The summed E-state index contributed by atoms with van der Waals surface area (Å²) in [7, 11) is 0. The van der Waals surface area contributed by atoms with E-state index in [-0.39, 0.29) is 0 Å². The maximum absolute atomic E-state index is 3.85. The fraction of sp³-hybridized carbons (Fsp3) is 1.00. The van der Waals surface area contributed by atoms with E-state index in [0.717, 1.165) is 26.2 Å². The lowest BCUT2D eigenvalue weighted by atomic mass is 10.6. The molecule has 0 aromatic rings. The summed E-state index contributed by atoms with van der Waals surface area (Å²) in [6.07, 6.45) is 0. The van der Waals surface area contributed by atoms with Gasteiger partial charge in [-0.3, -0.25) is 5.43 Å². The molecule has 0 aromatic heterocycles. The van der Waals surface area contributed by atoms with Crippen molar-refractivity contribution in [3.05, 3.63) is 0 Å². The lowest BCUT2D eigenvalue weighted by Crippen LogP contribution is -2.16. The van der Waals surface area contributed by atoms with Crippen molar-refractivity contribution in [1.82, 2.24) is 10.7 Å². The van der Waals surface area contributed by atoms with E-state index < -0.39 is 0 Å². The van der Waals surface area contributed by atoms with Crippen LogP contribution in [0.25, 0.3) is 0 Å². The van der Waals surface area contributed by atoms with E-state index in [1.165, 1.54) is 0 Å². The van der Waals surface area contributed by atoms with Crippen molar-refractivity contribution < 1.29 is 0 Å². The van der Waals surface area contributed by atoms with E-state index in [0.29, 0.717) is 0 Å². The zero-order chi connectivity index (χ0) is 7.66. The van der Waals surface area contributed by atoms with Crippen LogP contribution in [0.2, 0.25) is 0 Å². The SMILES string of the molecule is CCNCCN=NNCC. The summed E-state index contributed by atoms with van der Waals surface area (Å²) in [5, 5.41) is 10.7. The third-order valence-electron chi connectivity index (χ3n) is 0.938. The van der Waals surface area contributed by atoms with Gasteiger partial charge >= 0.3 is 0 Å². The van der Waals surface area contributed by atoms with Crippen molar-refractivity contribution in [2.24, 2.45) is 10.3 Å². The number of nitrogens with zero attached hydrogens (tertiary/aromatic N) is 2.